The smallest absolute Gasteiger partial charge is 0.274 e. The molecule has 2 aromatic rings. The molecule has 1 saturated carbocycles. The molecule has 31 heavy (non-hydrogen) atoms. The lowest BCUT2D eigenvalue weighted by Gasteiger charge is -2.43. The number of fused-ring (bicyclic) bond motifs is 1. The molecule has 0 spiro atoms. The summed E-state index contributed by atoms with van der Waals surface area (Å²) in [6.45, 7) is 7.55. The van der Waals surface area contributed by atoms with Gasteiger partial charge in [0.25, 0.3) is 5.56 Å². The summed E-state index contributed by atoms with van der Waals surface area (Å²) in [4.78, 5) is 28.8. The van der Waals surface area contributed by atoms with Crippen molar-refractivity contribution in [2.45, 2.75) is 83.2 Å². The largest absolute Gasteiger partial charge is 0.349 e. The summed E-state index contributed by atoms with van der Waals surface area (Å²) in [5.74, 6) is -0.388. The quantitative estimate of drug-likeness (QED) is 0.765. The molecule has 6 heteroatoms. The highest BCUT2D eigenvalue weighted by atomic mass is 16.2. The molecule has 2 heterocycles. The van der Waals surface area contributed by atoms with Gasteiger partial charge in [-0.1, -0.05) is 43.9 Å². The van der Waals surface area contributed by atoms with Crippen LogP contribution in [-0.2, 0) is 11.3 Å². The van der Waals surface area contributed by atoms with Gasteiger partial charge < -0.3 is 10.2 Å². The standard InChI is InChI=1S/C25H36N4O2/c1-3-29-24(31)21-13-7-6-12-20(21)22(27-29)19(2)23(30)26-25(14-8-4-9-15-25)18-28-16-10-5-11-17-28/h6-7,12-13,19H,3-5,8-11,14-18H2,1-2H3,(H,26,30)/t19-/m1/s1. The van der Waals surface area contributed by atoms with E-state index in [2.05, 4.69) is 15.3 Å². The number of hydrogen-bond acceptors (Lipinski definition) is 4. The Kier molecular flexibility index (Phi) is 6.75. The fourth-order valence-corrected chi connectivity index (χ4v) is 5.39. The van der Waals surface area contributed by atoms with Crippen LogP contribution in [0.1, 0.15) is 76.8 Å². The maximum absolute atomic E-state index is 13.5. The van der Waals surface area contributed by atoms with E-state index >= 15 is 0 Å². The van der Waals surface area contributed by atoms with E-state index in [1.807, 2.05) is 38.1 Å². The minimum Gasteiger partial charge on any atom is -0.349 e. The predicted molar refractivity (Wildman–Crippen MR) is 124 cm³/mol. The maximum Gasteiger partial charge on any atom is 0.274 e. The molecule has 4 rings (SSSR count). The minimum atomic E-state index is -0.413. The number of benzene rings is 1. The molecule has 168 valence electrons. The van der Waals surface area contributed by atoms with Crippen LogP contribution in [0.5, 0.6) is 0 Å². The van der Waals surface area contributed by atoms with Gasteiger partial charge >= 0.3 is 0 Å². The van der Waals surface area contributed by atoms with Gasteiger partial charge in [-0.15, -0.1) is 0 Å². The van der Waals surface area contributed by atoms with Gasteiger partial charge in [-0.25, -0.2) is 4.68 Å². The van der Waals surface area contributed by atoms with Crippen LogP contribution >= 0.6 is 0 Å². The summed E-state index contributed by atoms with van der Waals surface area (Å²) < 4.78 is 1.48. The first-order valence-corrected chi connectivity index (χ1v) is 12.1. The molecule has 1 N–H and O–H groups in total. The molecule has 0 radical (unpaired) electrons. The maximum atomic E-state index is 13.5. The monoisotopic (exact) mass is 424 g/mol. The lowest BCUT2D eigenvalue weighted by molar-refractivity contribution is -0.125. The molecule has 1 aromatic heterocycles. The number of aryl methyl sites for hydroxylation is 1. The van der Waals surface area contributed by atoms with Gasteiger partial charge in [-0.2, -0.15) is 5.10 Å². The van der Waals surface area contributed by atoms with E-state index < -0.39 is 5.92 Å². The average Bonchev–Trinajstić information content (AvgIpc) is 2.80. The molecular formula is C25H36N4O2. The molecular weight excluding hydrogens is 388 g/mol. The van der Waals surface area contributed by atoms with E-state index in [-0.39, 0.29) is 17.0 Å². The first-order valence-electron chi connectivity index (χ1n) is 12.1. The number of carbonyl (C=O) groups is 1. The van der Waals surface area contributed by atoms with Crippen LogP contribution in [0.15, 0.2) is 29.1 Å². The second kappa shape index (κ2) is 9.51. The fraction of sp³-hybridized carbons (Fsp3) is 0.640. The first kappa shape index (κ1) is 22.0. The number of nitrogens with one attached hydrogen (secondary N) is 1. The van der Waals surface area contributed by atoms with Crippen molar-refractivity contribution in [3.63, 3.8) is 0 Å². The van der Waals surface area contributed by atoms with Gasteiger partial charge in [0, 0.05) is 18.5 Å². The van der Waals surface area contributed by atoms with E-state index in [9.17, 15) is 9.59 Å². The molecule has 6 nitrogen and oxygen atoms in total. The van der Waals surface area contributed by atoms with Gasteiger partial charge in [0.15, 0.2) is 0 Å². The van der Waals surface area contributed by atoms with E-state index in [1.54, 1.807) is 0 Å². The third-order valence-electron chi connectivity index (χ3n) is 7.17. The Morgan fingerprint density at radius 1 is 1.06 bits per heavy atom. The predicted octanol–water partition coefficient (Wildman–Crippen LogP) is 3.82. The highest BCUT2D eigenvalue weighted by molar-refractivity contribution is 5.91. The van der Waals surface area contributed by atoms with Gasteiger partial charge in [0.05, 0.1) is 22.5 Å². The molecule has 1 aliphatic heterocycles. The van der Waals surface area contributed by atoms with Crippen molar-refractivity contribution in [3.05, 3.63) is 40.3 Å². The van der Waals surface area contributed by atoms with Crippen LogP contribution in [0.3, 0.4) is 0 Å². The molecule has 1 saturated heterocycles. The SMILES string of the molecule is CCn1nc([C@@H](C)C(=O)NC2(CN3CCCCC3)CCCCC2)c2ccccc2c1=O. The van der Waals surface area contributed by atoms with Crippen molar-refractivity contribution in [2.24, 2.45) is 0 Å². The number of amides is 1. The number of hydrogen-bond donors (Lipinski definition) is 1. The van der Waals surface area contributed by atoms with E-state index in [0.29, 0.717) is 17.6 Å². The highest BCUT2D eigenvalue weighted by Gasteiger charge is 2.37. The summed E-state index contributed by atoms with van der Waals surface area (Å²) in [6, 6.07) is 7.52. The molecule has 2 fully saturated rings. The third kappa shape index (κ3) is 4.69. The van der Waals surface area contributed by atoms with Crippen molar-refractivity contribution in [3.8, 4) is 0 Å². The van der Waals surface area contributed by atoms with Gasteiger partial charge in [0.1, 0.15) is 0 Å². The van der Waals surface area contributed by atoms with E-state index in [0.717, 1.165) is 37.9 Å². The molecule has 1 aliphatic carbocycles. The highest BCUT2D eigenvalue weighted by Crippen LogP contribution is 2.31. The van der Waals surface area contributed by atoms with Crippen LogP contribution in [0.4, 0.5) is 0 Å². The van der Waals surface area contributed by atoms with Crippen LogP contribution < -0.4 is 10.9 Å². The first-order chi connectivity index (χ1) is 15.0. The Morgan fingerprint density at radius 2 is 1.71 bits per heavy atom. The Morgan fingerprint density at radius 3 is 2.39 bits per heavy atom. The Hall–Kier alpha value is -2.21. The van der Waals surface area contributed by atoms with Crippen molar-refractivity contribution < 1.29 is 4.79 Å². The van der Waals surface area contributed by atoms with Crippen molar-refractivity contribution in [2.75, 3.05) is 19.6 Å². The van der Waals surface area contributed by atoms with Crippen molar-refractivity contribution >= 4 is 16.7 Å². The molecule has 1 atom stereocenters. The lowest BCUT2D eigenvalue weighted by Crippen LogP contribution is -2.58. The summed E-state index contributed by atoms with van der Waals surface area (Å²) in [7, 11) is 0. The topological polar surface area (TPSA) is 67.2 Å². The third-order valence-corrected chi connectivity index (χ3v) is 7.17. The number of piperidine rings is 1. The zero-order valence-corrected chi connectivity index (χ0v) is 19.0. The number of likely N-dealkylation sites (tertiary alicyclic amines) is 1. The van der Waals surface area contributed by atoms with E-state index in [1.165, 1.54) is 43.2 Å². The van der Waals surface area contributed by atoms with Crippen LogP contribution in [0, 0.1) is 0 Å². The number of aromatic nitrogens is 2. The Bertz CT molecular complexity index is 971. The fourth-order valence-electron chi connectivity index (χ4n) is 5.39. The van der Waals surface area contributed by atoms with Crippen molar-refractivity contribution in [1.29, 1.82) is 0 Å². The molecule has 0 unspecified atom stereocenters. The summed E-state index contributed by atoms with van der Waals surface area (Å²) >= 11 is 0. The van der Waals surface area contributed by atoms with Crippen molar-refractivity contribution in [1.82, 2.24) is 20.0 Å². The van der Waals surface area contributed by atoms with Crippen LogP contribution in [0.2, 0.25) is 0 Å². The zero-order chi connectivity index (χ0) is 21.8. The second-order valence-corrected chi connectivity index (χ2v) is 9.44. The molecule has 1 aromatic carbocycles. The second-order valence-electron chi connectivity index (χ2n) is 9.44. The lowest BCUT2D eigenvalue weighted by atomic mass is 9.80. The van der Waals surface area contributed by atoms with Gasteiger partial charge in [0.2, 0.25) is 5.91 Å². The molecule has 2 aliphatic rings. The Balaban J connectivity index is 1.61. The van der Waals surface area contributed by atoms with Gasteiger partial charge in [-0.3, -0.25) is 9.59 Å². The summed E-state index contributed by atoms with van der Waals surface area (Å²) in [5, 5.41) is 9.51. The number of rotatable bonds is 6. The minimum absolute atomic E-state index is 0.0258. The Labute approximate surface area is 185 Å². The zero-order valence-electron chi connectivity index (χ0n) is 19.0. The molecule has 0 bridgehead atoms. The number of carbonyl (C=O) groups excluding carboxylic acids is 1. The van der Waals surface area contributed by atoms with Crippen LogP contribution in [0.25, 0.3) is 10.8 Å². The average molecular weight is 425 g/mol. The molecule has 1 amide bonds. The summed E-state index contributed by atoms with van der Waals surface area (Å²) in [5.41, 5.74) is 0.456. The van der Waals surface area contributed by atoms with E-state index in [4.69, 9.17) is 0 Å². The van der Waals surface area contributed by atoms with Crippen LogP contribution in [-0.4, -0.2) is 45.8 Å². The summed E-state index contributed by atoms with van der Waals surface area (Å²) in [6.07, 6.45) is 9.52. The number of nitrogens with zero attached hydrogens (tertiary/aromatic N) is 3. The normalized spacial score (nSPS) is 20.5. The van der Waals surface area contributed by atoms with Gasteiger partial charge in [-0.05, 0) is 58.7 Å².